The molecule has 0 aliphatic rings. The van der Waals surface area contributed by atoms with E-state index in [9.17, 15) is 9.18 Å². The van der Waals surface area contributed by atoms with Crippen molar-refractivity contribution in [2.75, 3.05) is 6.54 Å². The molecule has 0 spiro atoms. The highest BCUT2D eigenvalue weighted by molar-refractivity contribution is 5.67. The van der Waals surface area contributed by atoms with Crippen molar-refractivity contribution in [2.24, 2.45) is 0 Å². The number of carbonyl (C=O) groups is 1. The largest absolute Gasteiger partial charge is 0.444 e. The zero-order chi connectivity index (χ0) is 16.8. The molecule has 1 aromatic rings. The minimum atomic E-state index is -0.489. The number of alkyl carbamates (subject to hydrolysis) is 1. The van der Waals surface area contributed by atoms with Crippen molar-refractivity contribution in [3.8, 4) is 0 Å². The maximum Gasteiger partial charge on any atom is 0.407 e. The van der Waals surface area contributed by atoms with Gasteiger partial charge in [0.15, 0.2) is 0 Å². The second kappa shape index (κ2) is 8.13. The fourth-order valence-corrected chi connectivity index (χ4v) is 1.95. The van der Waals surface area contributed by atoms with Crippen LogP contribution in [0.15, 0.2) is 18.2 Å². The lowest BCUT2D eigenvalue weighted by Crippen LogP contribution is -2.38. The van der Waals surface area contributed by atoms with Crippen LogP contribution in [0, 0.1) is 12.7 Å². The third-order valence-corrected chi connectivity index (χ3v) is 3.14. The Morgan fingerprint density at radius 1 is 1.36 bits per heavy atom. The molecule has 1 atom stereocenters. The number of amides is 1. The summed E-state index contributed by atoms with van der Waals surface area (Å²) >= 11 is 0. The zero-order valence-electron chi connectivity index (χ0n) is 14.1. The van der Waals surface area contributed by atoms with Crippen LogP contribution < -0.4 is 10.6 Å². The molecule has 0 aromatic heterocycles. The van der Waals surface area contributed by atoms with Gasteiger partial charge in [-0.1, -0.05) is 6.07 Å². The van der Waals surface area contributed by atoms with E-state index < -0.39 is 11.7 Å². The van der Waals surface area contributed by atoms with Crippen molar-refractivity contribution >= 4 is 6.09 Å². The lowest BCUT2D eigenvalue weighted by Gasteiger charge is -2.22. The summed E-state index contributed by atoms with van der Waals surface area (Å²) in [5.41, 5.74) is 1.53. The molecule has 5 heteroatoms. The molecule has 0 aliphatic heterocycles. The Labute approximate surface area is 132 Å². The fourth-order valence-electron chi connectivity index (χ4n) is 1.95. The van der Waals surface area contributed by atoms with E-state index in [2.05, 4.69) is 10.6 Å². The van der Waals surface area contributed by atoms with Crippen molar-refractivity contribution in [1.82, 2.24) is 10.6 Å². The standard InChI is InChI=1S/C17H27FN2O2/c1-12-6-7-15(18)10-14(12)11-19-9-8-13(2)20-16(21)22-17(3,4)5/h6-7,10,13,19H,8-9,11H2,1-5H3,(H,20,21). The number of hydrogen-bond acceptors (Lipinski definition) is 3. The first kappa shape index (κ1) is 18.4. The molecular weight excluding hydrogens is 283 g/mol. The highest BCUT2D eigenvalue weighted by Crippen LogP contribution is 2.10. The van der Waals surface area contributed by atoms with Crippen LogP contribution in [0.5, 0.6) is 0 Å². The normalized spacial score (nSPS) is 12.8. The minimum Gasteiger partial charge on any atom is -0.444 e. The number of carbonyl (C=O) groups excluding carboxylic acids is 1. The topological polar surface area (TPSA) is 50.4 Å². The van der Waals surface area contributed by atoms with Crippen LogP contribution in [0.3, 0.4) is 0 Å². The lowest BCUT2D eigenvalue weighted by atomic mass is 10.1. The number of halogens is 1. The molecule has 1 amide bonds. The first-order valence-corrected chi connectivity index (χ1v) is 7.62. The molecule has 2 N–H and O–H groups in total. The van der Waals surface area contributed by atoms with E-state index in [0.29, 0.717) is 6.54 Å². The van der Waals surface area contributed by atoms with E-state index >= 15 is 0 Å². The van der Waals surface area contributed by atoms with Crippen LogP contribution in [0.1, 0.15) is 45.2 Å². The summed E-state index contributed by atoms with van der Waals surface area (Å²) in [4.78, 5) is 11.6. The Hall–Kier alpha value is -1.62. The second-order valence-corrected chi connectivity index (χ2v) is 6.58. The van der Waals surface area contributed by atoms with Crippen LogP contribution in [0.25, 0.3) is 0 Å². The number of benzene rings is 1. The first-order chi connectivity index (χ1) is 10.2. The summed E-state index contributed by atoms with van der Waals surface area (Å²) in [5, 5.41) is 6.06. The summed E-state index contributed by atoms with van der Waals surface area (Å²) in [6, 6.07) is 4.80. The van der Waals surface area contributed by atoms with E-state index in [1.807, 2.05) is 34.6 Å². The van der Waals surface area contributed by atoms with Gasteiger partial charge < -0.3 is 15.4 Å². The molecule has 22 heavy (non-hydrogen) atoms. The second-order valence-electron chi connectivity index (χ2n) is 6.58. The third kappa shape index (κ3) is 7.41. The zero-order valence-corrected chi connectivity index (χ0v) is 14.1. The Kier molecular flexibility index (Phi) is 6.81. The van der Waals surface area contributed by atoms with E-state index in [4.69, 9.17) is 4.74 Å². The van der Waals surface area contributed by atoms with E-state index in [1.54, 1.807) is 12.1 Å². The van der Waals surface area contributed by atoms with Gasteiger partial charge in [-0.3, -0.25) is 0 Å². The van der Waals surface area contributed by atoms with Gasteiger partial charge >= 0.3 is 6.09 Å². The Morgan fingerprint density at radius 3 is 2.68 bits per heavy atom. The molecule has 0 saturated heterocycles. The van der Waals surface area contributed by atoms with Crippen molar-refractivity contribution < 1.29 is 13.9 Å². The van der Waals surface area contributed by atoms with Gasteiger partial charge in [0, 0.05) is 12.6 Å². The average molecular weight is 310 g/mol. The summed E-state index contributed by atoms with van der Waals surface area (Å²) in [6.45, 7) is 10.7. The van der Waals surface area contributed by atoms with Crippen LogP contribution in [-0.4, -0.2) is 24.3 Å². The Bertz CT molecular complexity index is 498. The lowest BCUT2D eigenvalue weighted by molar-refractivity contribution is 0.0506. The maximum atomic E-state index is 13.2. The molecule has 0 saturated carbocycles. The maximum absolute atomic E-state index is 13.2. The van der Waals surface area contributed by atoms with Crippen molar-refractivity contribution in [2.45, 2.75) is 59.2 Å². The first-order valence-electron chi connectivity index (χ1n) is 7.62. The van der Waals surface area contributed by atoms with Gasteiger partial charge in [0.2, 0.25) is 0 Å². The summed E-state index contributed by atoms with van der Waals surface area (Å²) in [5.74, 6) is -0.220. The number of aryl methyl sites for hydroxylation is 1. The predicted molar refractivity (Wildman–Crippen MR) is 86.3 cm³/mol. The molecule has 0 aliphatic carbocycles. The monoisotopic (exact) mass is 310 g/mol. The van der Waals surface area contributed by atoms with Crippen LogP contribution in [0.2, 0.25) is 0 Å². The molecular formula is C17H27FN2O2. The molecule has 0 fully saturated rings. The fraction of sp³-hybridized carbons (Fsp3) is 0.588. The van der Waals surface area contributed by atoms with Gasteiger partial charge in [-0.15, -0.1) is 0 Å². The minimum absolute atomic E-state index is 0.0101. The molecule has 1 unspecified atom stereocenters. The van der Waals surface area contributed by atoms with Gasteiger partial charge in [-0.2, -0.15) is 0 Å². The summed E-state index contributed by atoms with van der Waals surface area (Å²) in [6.07, 6.45) is 0.370. The van der Waals surface area contributed by atoms with Crippen LogP contribution in [0.4, 0.5) is 9.18 Å². The molecule has 0 bridgehead atoms. The highest BCUT2D eigenvalue weighted by atomic mass is 19.1. The van der Waals surface area contributed by atoms with Gasteiger partial charge in [-0.05, 0) is 70.8 Å². The van der Waals surface area contributed by atoms with E-state index in [-0.39, 0.29) is 11.9 Å². The van der Waals surface area contributed by atoms with Gasteiger partial charge in [-0.25, -0.2) is 9.18 Å². The number of nitrogens with one attached hydrogen (secondary N) is 2. The van der Waals surface area contributed by atoms with Crippen LogP contribution in [-0.2, 0) is 11.3 Å². The highest BCUT2D eigenvalue weighted by Gasteiger charge is 2.17. The van der Waals surface area contributed by atoms with Gasteiger partial charge in [0.05, 0.1) is 0 Å². The molecule has 0 heterocycles. The van der Waals surface area contributed by atoms with Crippen molar-refractivity contribution in [1.29, 1.82) is 0 Å². The Morgan fingerprint density at radius 2 is 2.05 bits per heavy atom. The van der Waals surface area contributed by atoms with Gasteiger partial charge in [0.1, 0.15) is 11.4 Å². The average Bonchev–Trinajstić information content (AvgIpc) is 2.36. The summed E-state index contributed by atoms with van der Waals surface area (Å²) < 4.78 is 18.4. The van der Waals surface area contributed by atoms with E-state index in [0.717, 1.165) is 24.1 Å². The van der Waals surface area contributed by atoms with Gasteiger partial charge in [0.25, 0.3) is 0 Å². The molecule has 4 nitrogen and oxygen atoms in total. The SMILES string of the molecule is Cc1ccc(F)cc1CNCCC(C)NC(=O)OC(C)(C)C. The molecule has 1 aromatic carbocycles. The predicted octanol–water partition coefficient (Wildman–Crippen LogP) is 3.53. The molecule has 0 radical (unpaired) electrons. The van der Waals surface area contributed by atoms with Crippen molar-refractivity contribution in [3.05, 3.63) is 35.1 Å². The van der Waals surface area contributed by atoms with Crippen LogP contribution >= 0.6 is 0 Å². The molecule has 124 valence electrons. The number of ether oxygens (including phenoxy) is 1. The summed E-state index contributed by atoms with van der Waals surface area (Å²) in [7, 11) is 0. The Balaban J connectivity index is 2.26. The molecule has 1 rings (SSSR count). The number of hydrogen-bond donors (Lipinski definition) is 2. The van der Waals surface area contributed by atoms with Crippen molar-refractivity contribution in [3.63, 3.8) is 0 Å². The third-order valence-electron chi connectivity index (χ3n) is 3.14. The number of rotatable bonds is 6. The van der Waals surface area contributed by atoms with E-state index in [1.165, 1.54) is 6.07 Å². The quantitative estimate of drug-likeness (QED) is 0.790. The smallest absolute Gasteiger partial charge is 0.407 e.